The van der Waals surface area contributed by atoms with Crippen LogP contribution in [0.3, 0.4) is 0 Å². The fraction of sp³-hybridized carbons (Fsp3) is 0.0345. The largest absolute Gasteiger partial charge is 0.506 e. The SMILES string of the molecule is O=C1Cc2ccccc2C(O)=C1C(=O)c1ccc(N(c2ccccc2)c2ccccc2)cc1. The Morgan fingerprint density at radius 2 is 1.18 bits per heavy atom. The quantitative estimate of drug-likeness (QED) is 0.292. The molecule has 0 aliphatic heterocycles. The molecule has 0 unspecified atom stereocenters. The molecule has 160 valence electrons. The van der Waals surface area contributed by atoms with E-state index in [1.165, 1.54) is 0 Å². The van der Waals surface area contributed by atoms with Gasteiger partial charge in [0.1, 0.15) is 11.3 Å². The number of fused-ring (bicyclic) bond motifs is 1. The van der Waals surface area contributed by atoms with Gasteiger partial charge < -0.3 is 10.0 Å². The highest BCUT2D eigenvalue weighted by Crippen LogP contribution is 2.35. The molecule has 4 aromatic carbocycles. The van der Waals surface area contributed by atoms with Crippen molar-refractivity contribution in [3.8, 4) is 0 Å². The van der Waals surface area contributed by atoms with E-state index in [1.807, 2.05) is 78.9 Å². The van der Waals surface area contributed by atoms with Crippen molar-refractivity contribution in [3.05, 3.63) is 131 Å². The average Bonchev–Trinajstić information content (AvgIpc) is 2.86. The molecular weight excluding hydrogens is 410 g/mol. The average molecular weight is 431 g/mol. The molecule has 0 atom stereocenters. The first-order valence-electron chi connectivity index (χ1n) is 10.7. The van der Waals surface area contributed by atoms with Crippen LogP contribution in [0, 0.1) is 0 Å². The Morgan fingerprint density at radius 3 is 1.79 bits per heavy atom. The topological polar surface area (TPSA) is 57.6 Å². The number of nitrogens with zero attached hydrogens (tertiary/aromatic N) is 1. The van der Waals surface area contributed by atoms with Crippen LogP contribution in [0.25, 0.3) is 5.76 Å². The number of aliphatic hydroxyl groups excluding tert-OH is 1. The van der Waals surface area contributed by atoms with E-state index in [9.17, 15) is 14.7 Å². The van der Waals surface area contributed by atoms with Crippen LogP contribution in [0.4, 0.5) is 17.1 Å². The van der Waals surface area contributed by atoms with Crippen molar-refractivity contribution in [3.63, 3.8) is 0 Å². The van der Waals surface area contributed by atoms with Crippen molar-refractivity contribution in [1.29, 1.82) is 0 Å². The molecule has 0 radical (unpaired) electrons. The number of benzene rings is 4. The van der Waals surface area contributed by atoms with Gasteiger partial charge in [0.25, 0.3) is 0 Å². The molecule has 0 spiro atoms. The molecule has 1 aliphatic carbocycles. The first kappa shape index (κ1) is 20.5. The number of hydrogen-bond donors (Lipinski definition) is 1. The summed E-state index contributed by atoms with van der Waals surface area (Å²) in [6, 6.07) is 34.1. The molecule has 1 aliphatic rings. The molecule has 33 heavy (non-hydrogen) atoms. The first-order valence-corrected chi connectivity index (χ1v) is 10.7. The molecule has 1 N–H and O–H groups in total. The highest BCUT2D eigenvalue weighted by molar-refractivity contribution is 6.31. The third-order valence-electron chi connectivity index (χ3n) is 5.78. The summed E-state index contributed by atoms with van der Waals surface area (Å²) in [4.78, 5) is 28.0. The fourth-order valence-electron chi connectivity index (χ4n) is 4.18. The van der Waals surface area contributed by atoms with Gasteiger partial charge in [-0.2, -0.15) is 0 Å². The number of ketones is 2. The number of carbonyl (C=O) groups excluding carboxylic acids is 2. The minimum absolute atomic E-state index is 0.106. The van der Waals surface area contributed by atoms with Crippen molar-refractivity contribution < 1.29 is 14.7 Å². The summed E-state index contributed by atoms with van der Waals surface area (Å²) >= 11 is 0. The van der Waals surface area contributed by atoms with Crippen LogP contribution >= 0.6 is 0 Å². The van der Waals surface area contributed by atoms with Gasteiger partial charge in [-0.15, -0.1) is 0 Å². The maximum Gasteiger partial charge on any atom is 0.200 e. The maximum absolute atomic E-state index is 13.2. The predicted octanol–water partition coefficient (Wildman–Crippen LogP) is 6.43. The van der Waals surface area contributed by atoms with Gasteiger partial charge in [0.05, 0.1) is 0 Å². The van der Waals surface area contributed by atoms with Crippen LogP contribution in [0.2, 0.25) is 0 Å². The van der Waals surface area contributed by atoms with E-state index in [1.54, 1.807) is 30.3 Å². The maximum atomic E-state index is 13.2. The Kier molecular flexibility index (Phi) is 5.33. The summed E-state index contributed by atoms with van der Waals surface area (Å²) in [6.07, 6.45) is 0.106. The third kappa shape index (κ3) is 3.83. The number of anilines is 3. The molecule has 0 heterocycles. The Labute approximate surface area is 192 Å². The van der Waals surface area contributed by atoms with Crippen LogP contribution in [-0.4, -0.2) is 16.7 Å². The van der Waals surface area contributed by atoms with Gasteiger partial charge in [0.2, 0.25) is 0 Å². The number of para-hydroxylation sites is 2. The van der Waals surface area contributed by atoms with Crippen molar-refractivity contribution in [2.24, 2.45) is 0 Å². The zero-order chi connectivity index (χ0) is 22.8. The van der Waals surface area contributed by atoms with Gasteiger partial charge in [0.15, 0.2) is 11.6 Å². The normalized spacial score (nSPS) is 12.9. The predicted molar refractivity (Wildman–Crippen MR) is 130 cm³/mol. The second kappa shape index (κ2) is 8.60. The minimum atomic E-state index is -0.468. The molecular formula is C29H21NO3. The molecule has 4 aromatic rings. The lowest BCUT2D eigenvalue weighted by Crippen LogP contribution is -2.22. The summed E-state index contributed by atoms with van der Waals surface area (Å²) in [5.41, 5.74) is 4.33. The molecule has 0 amide bonds. The molecule has 0 bridgehead atoms. The Hall–Kier alpha value is -4.44. The smallest absolute Gasteiger partial charge is 0.200 e. The van der Waals surface area contributed by atoms with E-state index in [0.29, 0.717) is 11.1 Å². The van der Waals surface area contributed by atoms with Gasteiger partial charge in [0, 0.05) is 34.6 Å². The van der Waals surface area contributed by atoms with Gasteiger partial charge in [-0.3, -0.25) is 9.59 Å². The van der Waals surface area contributed by atoms with Crippen molar-refractivity contribution >= 4 is 34.4 Å². The summed E-state index contributed by atoms with van der Waals surface area (Å²) in [6.45, 7) is 0. The zero-order valence-electron chi connectivity index (χ0n) is 17.8. The molecule has 0 saturated carbocycles. The van der Waals surface area contributed by atoms with Crippen LogP contribution in [0.15, 0.2) is 115 Å². The Balaban J connectivity index is 1.52. The molecule has 0 saturated heterocycles. The number of hydrogen-bond acceptors (Lipinski definition) is 4. The van der Waals surface area contributed by atoms with E-state index >= 15 is 0 Å². The van der Waals surface area contributed by atoms with Gasteiger partial charge in [-0.1, -0.05) is 60.7 Å². The molecule has 0 fully saturated rings. The molecule has 4 nitrogen and oxygen atoms in total. The first-order chi connectivity index (χ1) is 16.1. The monoisotopic (exact) mass is 431 g/mol. The zero-order valence-corrected chi connectivity index (χ0v) is 17.8. The molecule has 0 aromatic heterocycles. The summed E-state index contributed by atoms with van der Waals surface area (Å²) in [5.74, 6) is -1.08. The van der Waals surface area contributed by atoms with Crippen LogP contribution in [0.1, 0.15) is 21.5 Å². The third-order valence-corrected chi connectivity index (χ3v) is 5.78. The highest BCUT2D eigenvalue weighted by atomic mass is 16.3. The van der Waals surface area contributed by atoms with Crippen molar-refractivity contribution in [1.82, 2.24) is 0 Å². The Bertz CT molecular complexity index is 1320. The number of rotatable bonds is 5. The number of aliphatic hydroxyl groups is 1. The van der Waals surface area contributed by atoms with Crippen molar-refractivity contribution in [2.45, 2.75) is 6.42 Å². The van der Waals surface area contributed by atoms with E-state index < -0.39 is 5.78 Å². The fourth-order valence-corrected chi connectivity index (χ4v) is 4.18. The van der Waals surface area contributed by atoms with E-state index in [-0.39, 0.29) is 23.5 Å². The second-order valence-electron chi connectivity index (χ2n) is 7.86. The standard InChI is InChI=1S/C29H21NO3/c31-26-19-21-9-7-8-14-25(21)29(33)27(26)28(32)20-15-17-24(18-16-20)30(22-10-3-1-4-11-22)23-12-5-2-6-13-23/h1-18,33H,19H2. The van der Waals surface area contributed by atoms with Crippen LogP contribution in [0.5, 0.6) is 0 Å². The summed E-state index contributed by atoms with van der Waals surface area (Å²) < 4.78 is 0. The highest BCUT2D eigenvalue weighted by Gasteiger charge is 2.30. The van der Waals surface area contributed by atoms with E-state index in [0.717, 1.165) is 22.6 Å². The molecule has 5 rings (SSSR count). The number of Topliss-reactive ketones (excluding diaryl/α,β-unsaturated/α-hetero) is 2. The van der Waals surface area contributed by atoms with E-state index in [2.05, 4.69) is 4.90 Å². The van der Waals surface area contributed by atoms with E-state index in [4.69, 9.17) is 0 Å². The summed E-state index contributed by atoms with van der Waals surface area (Å²) in [7, 11) is 0. The Morgan fingerprint density at radius 1 is 0.667 bits per heavy atom. The van der Waals surface area contributed by atoms with Gasteiger partial charge in [-0.25, -0.2) is 0 Å². The molecule has 4 heteroatoms. The second-order valence-corrected chi connectivity index (χ2v) is 7.86. The lowest BCUT2D eigenvalue weighted by molar-refractivity contribution is -0.114. The number of allylic oxidation sites excluding steroid dienone is 1. The minimum Gasteiger partial charge on any atom is -0.506 e. The lowest BCUT2D eigenvalue weighted by atomic mass is 9.86. The number of carbonyl (C=O) groups is 2. The van der Waals surface area contributed by atoms with Gasteiger partial charge in [-0.05, 0) is 54.1 Å². The lowest BCUT2D eigenvalue weighted by Gasteiger charge is -2.25. The summed E-state index contributed by atoms with van der Waals surface area (Å²) in [5, 5.41) is 10.7. The van der Waals surface area contributed by atoms with Gasteiger partial charge >= 0.3 is 0 Å². The van der Waals surface area contributed by atoms with Crippen molar-refractivity contribution in [2.75, 3.05) is 4.90 Å². The van der Waals surface area contributed by atoms with Crippen LogP contribution < -0.4 is 4.90 Å². The van der Waals surface area contributed by atoms with Crippen LogP contribution in [-0.2, 0) is 11.2 Å².